The van der Waals surface area contributed by atoms with Crippen molar-refractivity contribution in [1.82, 2.24) is 0 Å². The second-order valence-corrected chi connectivity index (χ2v) is 16.7. The van der Waals surface area contributed by atoms with Gasteiger partial charge in [-0.15, -0.1) is 11.8 Å². The molecule has 3 heterocycles. The quantitative estimate of drug-likeness (QED) is 0.178. The third-order valence-corrected chi connectivity index (χ3v) is 11.6. The van der Waals surface area contributed by atoms with E-state index in [0.717, 1.165) is 55.1 Å². The Bertz CT molecular complexity index is 733. The fraction of sp³-hybridized carbons (Fsp3) is 0.909. The molecule has 0 radical (unpaired) electrons. The van der Waals surface area contributed by atoms with E-state index in [2.05, 4.69) is 0 Å². The van der Waals surface area contributed by atoms with Crippen molar-refractivity contribution in [2.24, 2.45) is 16.2 Å². The van der Waals surface area contributed by atoms with Gasteiger partial charge in [-0.1, -0.05) is 20.8 Å². The van der Waals surface area contributed by atoms with E-state index in [-0.39, 0.29) is 35.0 Å². The first-order valence-corrected chi connectivity index (χ1v) is 19.8. The first-order chi connectivity index (χ1) is 21.2. The van der Waals surface area contributed by atoms with Gasteiger partial charge >= 0.3 is 17.9 Å². The molecule has 3 atom stereocenters. The molecule has 264 valence electrons. The van der Waals surface area contributed by atoms with Crippen LogP contribution in [0.25, 0.3) is 0 Å². The highest BCUT2D eigenvalue weighted by molar-refractivity contribution is 8.03. The molecular formula is C33H60O9S3. The van der Waals surface area contributed by atoms with Gasteiger partial charge in [0, 0.05) is 12.4 Å². The summed E-state index contributed by atoms with van der Waals surface area (Å²) in [5, 5.41) is 0. The number of carbonyl (C=O) groups excluding carboxylic acids is 3. The Morgan fingerprint density at radius 1 is 0.622 bits per heavy atom. The van der Waals surface area contributed by atoms with Crippen molar-refractivity contribution in [3.8, 4) is 0 Å². The molecule has 0 bridgehead atoms. The molecule has 0 spiro atoms. The summed E-state index contributed by atoms with van der Waals surface area (Å²) in [6.45, 7) is 19.7. The van der Waals surface area contributed by atoms with Crippen LogP contribution in [0.5, 0.6) is 0 Å². The number of thioether (sulfide) groups is 3. The lowest BCUT2D eigenvalue weighted by Crippen LogP contribution is -2.33. The standard InChI is InChI=1S/C11H20O4.C11H20O3S.C11H20O2S2/c1-4-11(2,3)10(12)15-9-8-13-6-5-7-14-9;1-4-11(2,3)10(12)14-9-8-15-7-5-6-13-9;1-4-11(2,3)10(12)13-9-8-14-6-5-7-15-9/h3*9H,4-8H2,1-3H3. The maximum Gasteiger partial charge on any atom is 0.313 e. The van der Waals surface area contributed by atoms with Crippen LogP contribution in [0.1, 0.15) is 101 Å². The van der Waals surface area contributed by atoms with Gasteiger partial charge in [0.05, 0.1) is 35.2 Å². The van der Waals surface area contributed by atoms with Crippen molar-refractivity contribution < 1.29 is 42.8 Å². The summed E-state index contributed by atoms with van der Waals surface area (Å²) in [6.07, 6.45) is 4.59. The van der Waals surface area contributed by atoms with Gasteiger partial charge in [-0.05, 0) is 97.3 Å². The highest BCUT2D eigenvalue weighted by atomic mass is 32.2. The van der Waals surface area contributed by atoms with Crippen molar-refractivity contribution in [3.63, 3.8) is 0 Å². The van der Waals surface area contributed by atoms with Crippen molar-refractivity contribution >= 4 is 53.2 Å². The van der Waals surface area contributed by atoms with Crippen LogP contribution in [0.4, 0.5) is 0 Å². The predicted octanol–water partition coefficient (Wildman–Crippen LogP) is 7.34. The zero-order chi connectivity index (χ0) is 33.9. The monoisotopic (exact) mass is 696 g/mol. The summed E-state index contributed by atoms with van der Waals surface area (Å²) in [6, 6.07) is 0. The molecule has 0 saturated carbocycles. The molecule has 3 fully saturated rings. The third kappa shape index (κ3) is 17.3. The average molecular weight is 697 g/mol. The van der Waals surface area contributed by atoms with Gasteiger partial charge in [0.2, 0.25) is 12.6 Å². The van der Waals surface area contributed by atoms with Crippen LogP contribution in [0.15, 0.2) is 0 Å². The van der Waals surface area contributed by atoms with E-state index in [1.807, 2.05) is 74.1 Å². The lowest BCUT2D eigenvalue weighted by Gasteiger charge is -2.24. The molecule has 9 nitrogen and oxygen atoms in total. The molecule has 45 heavy (non-hydrogen) atoms. The molecule has 3 unspecified atom stereocenters. The maximum atomic E-state index is 11.8. The van der Waals surface area contributed by atoms with Crippen molar-refractivity contribution in [3.05, 3.63) is 0 Å². The molecule has 0 N–H and O–H groups in total. The fourth-order valence-corrected chi connectivity index (χ4v) is 6.49. The first-order valence-electron chi connectivity index (χ1n) is 16.4. The zero-order valence-electron chi connectivity index (χ0n) is 29.2. The van der Waals surface area contributed by atoms with Gasteiger partial charge in [0.15, 0.2) is 5.44 Å². The van der Waals surface area contributed by atoms with Gasteiger partial charge in [-0.3, -0.25) is 14.4 Å². The molecule has 3 aliphatic heterocycles. The van der Waals surface area contributed by atoms with Gasteiger partial charge in [-0.25, -0.2) is 0 Å². The first kappa shape index (κ1) is 42.4. The van der Waals surface area contributed by atoms with Crippen LogP contribution >= 0.6 is 35.3 Å². The Labute approximate surface area is 285 Å². The van der Waals surface area contributed by atoms with Gasteiger partial charge < -0.3 is 28.4 Å². The predicted molar refractivity (Wildman–Crippen MR) is 186 cm³/mol. The highest BCUT2D eigenvalue weighted by Gasteiger charge is 2.32. The Morgan fingerprint density at radius 2 is 1.11 bits per heavy atom. The molecule has 0 aromatic carbocycles. The lowest BCUT2D eigenvalue weighted by atomic mass is 9.91. The van der Waals surface area contributed by atoms with E-state index in [9.17, 15) is 14.4 Å². The van der Waals surface area contributed by atoms with E-state index < -0.39 is 17.1 Å². The van der Waals surface area contributed by atoms with Crippen molar-refractivity contribution in [2.45, 2.75) is 119 Å². The second kappa shape index (κ2) is 22.1. The molecule has 3 aliphatic rings. The van der Waals surface area contributed by atoms with E-state index in [1.54, 1.807) is 23.5 Å². The normalized spacial score (nSPS) is 23.3. The summed E-state index contributed by atoms with van der Waals surface area (Å²) in [7, 11) is 0. The number of carbonyl (C=O) groups is 3. The molecule has 0 aromatic rings. The summed E-state index contributed by atoms with van der Waals surface area (Å²) >= 11 is 5.44. The molecule has 12 heteroatoms. The van der Waals surface area contributed by atoms with Crippen LogP contribution in [0.3, 0.4) is 0 Å². The molecular weight excluding hydrogens is 637 g/mol. The highest BCUT2D eigenvalue weighted by Crippen LogP contribution is 2.29. The van der Waals surface area contributed by atoms with Crippen LogP contribution < -0.4 is 0 Å². The molecule has 3 saturated heterocycles. The smallest absolute Gasteiger partial charge is 0.313 e. The summed E-state index contributed by atoms with van der Waals surface area (Å²) in [5.41, 5.74) is -1.12. The Balaban J connectivity index is 0.000000337. The SMILES string of the molecule is CCC(C)(C)C(=O)OC1COCCCO1.CCC(C)(C)C(=O)OC1CSCCCO1.CCC(C)(C)C(=O)OC1CSCCCS1. The van der Waals surface area contributed by atoms with E-state index in [1.165, 1.54) is 12.2 Å². The molecule has 0 aromatic heterocycles. The number of ether oxygens (including phenoxy) is 6. The molecule has 3 rings (SSSR count). The number of esters is 3. The van der Waals surface area contributed by atoms with E-state index in [0.29, 0.717) is 26.4 Å². The van der Waals surface area contributed by atoms with E-state index >= 15 is 0 Å². The van der Waals surface area contributed by atoms with Crippen LogP contribution in [0, 0.1) is 16.2 Å². The van der Waals surface area contributed by atoms with Crippen molar-refractivity contribution in [2.75, 3.05) is 55.2 Å². The fourth-order valence-electron chi connectivity index (χ4n) is 3.28. The summed E-state index contributed by atoms with van der Waals surface area (Å²) in [5.74, 6) is 4.66. The average Bonchev–Trinajstić information content (AvgIpc) is 3.54. The number of hydrogen-bond acceptors (Lipinski definition) is 12. The minimum atomic E-state index is -0.536. The summed E-state index contributed by atoms with van der Waals surface area (Å²) < 4.78 is 32.2. The Morgan fingerprint density at radius 3 is 1.71 bits per heavy atom. The maximum absolute atomic E-state index is 11.8. The van der Waals surface area contributed by atoms with Crippen LogP contribution in [-0.4, -0.2) is 91.1 Å². The Hall–Kier alpha value is -0.660. The summed E-state index contributed by atoms with van der Waals surface area (Å²) in [4.78, 5) is 35.3. The van der Waals surface area contributed by atoms with Crippen LogP contribution in [0.2, 0.25) is 0 Å². The van der Waals surface area contributed by atoms with Gasteiger partial charge in [0.1, 0.15) is 6.61 Å². The largest absolute Gasteiger partial charge is 0.450 e. The second-order valence-electron chi connectivity index (χ2n) is 13.1. The topological polar surface area (TPSA) is 107 Å². The number of rotatable bonds is 9. The van der Waals surface area contributed by atoms with Crippen molar-refractivity contribution in [1.29, 1.82) is 0 Å². The minimum absolute atomic E-state index is 0.0509. The Kier molecular flexibility index (Phi) is 20.8. The zero-order valence-corrected chi connectivity index (χ0v) is 31.7. The van der Waals surface area contributed by atoms with Gasteiger partial charge in [-0.2, -0.15) is 23.5 Å². The van der Waals surface area contributed by atoms with Crippen LogP contribution in [-0.2, 0) is 42.8 Å². The lowest BCUT2D eigenvalue weighted by molar-refractivity contribution is -0.193. The molecule has 0 aliphatic carbocycles. The number of hydrogen-bond donors (Lipinski definition) is 0. The molecule has 0 amide bonds. The van der Waals surface area contributed by atoms with Gasteiger partial charge in [0.25, 0.3) is 0 Å². The third-order valence-electron chi connectivity index (χ3n) is 8.00. The minimum Gasteiger partial charge on any atom is -0.450 e. The van der Waals surface area contributed by atoms with E-state index in [4.69, 9.17) is 28.4 Å².